The van der Waals surface area contributed by atoms with Gasteiger partial charge in [-0.25, -0.2) is 4.39 Å². The van der Waals surface area contributed by atoms with Crippen LogP contribution in [0, 0.1) is 11.7 Å². The van der Waals surface area contributed by atoms with E-state index in [2.05, 4.69) is 4.90 Å². The van der Waals surface area contributed by atoms with Gasteiger partial charge in [-0.2, -0.15) is 0 Å². The summed E-state index contributed by atoms with van der Waals surface area (Å²) >= 11 is 6.07. The van der Waals surface area contributed by atoms with Gasteiger partial charge in [0.15, 0.2) is 0 Å². The summed E-state index contributed by atoms with van der Waals surface area (Å²) in [5, 5.41) is 0.447. The van der Waals surface area contributed by atoms with E-state index in [4.69, 9.17) is 17.3 Å². The molecule has 1 aliphatic rings. The van der Waals surface area contributed by atoms with Crippen LogP contribution in [-0.2, 0) is 11.3 Å². The summed E-state index contributed by atoms with van der Waals surface area (Å²) in [6.07, 6.45) is 0.899. The predicted molar refractivity (Wildman–Crippen MR) is 90.7 cm³/mol. The zero-order valence-corrected chi connectivity index (χ0v) is 14.5. The van der Waals surface area contributed by atoms with Gasteiger partial charge >= 0.3 is 0 Å². The molecule has 1 saturated heterocycles. The molecule has 0 saturated carbocycles. The summed E-state index contributed by atoms with van der Waals surface area (Å²) < 4.78 is 13.1. The molecule has 0 bridgehead atoms. The largest absolute Gasteiger partial charge is 0.339 e. The highest BCUT2D eigenvalue weighted by atomic mass is 35.5. The van der Waals surface area contributed by atoms with Gasteiger partial charge in [0, 0.05) is 37.7 Å². The molecule has 1 amide bonds. The van der Waals surface area contributed by atoms with Gasteiger partial charge in [-0.1, -0.05) is 37.9 Å². The van der Waals surface area contributed by atoms with E-state index in [0.717, 1.165) is 25.1 Å². The van der Waals surface area contributed by atoms with Crippen LogP contribution in [0.15, 0.2) is 18.2 Å². The van der Waals surface area contributed by atoms with Gasteiger partial charge in [0.1, 0.15) is 5.82 Å². The Balaban J connectivity index is 1.87. The van der Waals surface area contributed by atoms with Crippen molar-refractivity contribution in [3.63, 3.8) is 0 Å². The normalized spacial score (nSPS) is 18.7. The average Bonchev–Trinajstić information content (AvgIpc) is 2.56. The van der Waals surface area contributed by atoms with Crippen LogP contribution in [0.4, 0.5) is 4.39 Å². The van der Waals surface area contributed by atoms with Crippen LogP contribution >= 0.6 is 11.6 Å². The Hall–Kier alpha value is -1.17. The quantitative estimate of drug-likeness (QED) is 0.895. The molecule has 2 rings (SSSR count). The molecule has 1 fully saturated rings. The first-order chi connectivity index (χ1) is 10.9. The standard InChI is InChI=1S/C17H25ClFN3O/c1-3-12(2)16(20)17(23)22-8-6-21(7-9-22)11-13-4-5-14(19)10-15(13)18/h4-5,10,12,16H,3,6-9,11,20H2,1-2H3. The number of hydrogen-bond acceptors (Lipinski definition) is 3. The lowest BCUT2D eigenvalue weighted by Crippen LogP contribution is -2.54. The Kier molecular flexibility index (Phi) is 6.39. The molecule has 1 aromatic carbocycles. The molecule has 6 heteroatoms. The van der Waals surface area contributed by atoms with Gasteiger partial charge in [-0.15, -0.1) is 0 Å². The third-order valence-corrected chi connectivity index (χ3v) is 4.99. The van der Waals surface area contributed by atoms with Gasteiger partial charge < -0.3 is 10.6 Å². The number of amides is 1. The van der Waals surface area contributed by atoms with E-state index in [1.54, 1.807) is 6.07 Å². The van der Waals surface area contributed by atoms with Crippen molar-refractivity contribution >= 4 is 17.5 Å². The fourth-order valence-corrected chi connectivity index (χ4v) is 2.95. The Morgan fingerprint density at radius 1 is 1.35 bits per heavy atom. The van der Waals surface area contributed by atoms with Crippen molar-refractivity contribution in [2.24, 2.45) is 11.7 Å². The maximum atomic E-state index is 13.1. The summed E-state index contributed by atoms with van der Waals surface area (Å²) in [6.45, 7) is 7.60. The topological polar surface area (TPSA) is 49.6 Å². The van der Waals surface area contributed by atoms with Crippen LogP contribution in [0.1, 0.15) is 25.8 Å². The van der Waals surface area contributed by atoms with E-state index < -0.39 is 6.04 Å². The molecule has 0 spiro atoms. The lowest BCUT2D eigenvalue weighted by Gasteiger charge is -2.36. The molecule has 0 aromatic heterocycles. The number of benzene rings is 1. The maximum absolute atomic E-state index is 13.1. The number of nitrogens with two attached hydrogens (primary N) is 1. The summed E-state index contributed by atoms with van der Waals surface area (Å²) in [7, 11) is 0. The number of carbonyl (C=O) groups excluding carboxylic acids is 1. The van der Waals surface area contributed by atoms with Crippen molar-refractivity contribution in [3.8, 4) is 0 Å². The lowest BCUT2D eigenvalue weighted by molar-refractivity contribution is -0.135. The molecular weight excluding hydrogens is 317 g/mol. The Morgan fingerprint density at radius 2 is 2.00 bits per heavy atom. The third-order valence-electron chi connectivity index (χ3n) is 4.64. The van der Waals surface area contributed by atoms with E-state index in [1.165, 1.54) is 12.1 Å². The molecular formula is C17H25ClFN3O. The van der Waals surface area contributed by atoms with Crippen molar-refractivity contribution in [2.45, 2.75) is 32.9 Å². The number of rotatable bonds is 5. The van der Waals surface area contributed by atoms with Crippen LogP contribution in [0.3, 0.4) is 0 Å². The van der Waals surface area contributed by atoms with Crippen LogP contribution in [-0.4, -0.2) is 47.9 Å². The molecule has 1 heterocycles. The minimum Gasteiger partial charge on any atom is -0.339 e. The average molecular weight is 342 g/mol. The summed E-state index contributed by atoms with van der Waals surface area (Å²) in [4.78, 5) is 16.4. The Morgan fingerprint density at radius 3 is 2.57 bits per heavy atom. The first-order valence-electron chi connectivity index (χ1n) is 8.13. The minimum atomic E-state index is -0.418. The van der Waals surface area contributed by atoms with Gasteiger partial charge in [-0.3, -0.25) is 9.69 Å². The summed E-state index contributed by atoms with van der Waals surface area (Å²) in [5.74, 6) is -0.0921. The number of hydrogen-bond donors (Lipinski definition) is 1. The number of nitrogens with zero attached hydrogens (tertiary/aromatic N) is 2. The smallest absolute Gasteiger partial charge is 0.239 e. The molecule has 0 aliphatic carbocycles. The zero-order chi connectivity index (χ0) is 17.0. The van der Waals surface area contributed by atoms with Crippen molar-refractivity contribution < 1.29 is 9.18 Å². The van der Waals surface area contributed by atoms with E-state index in [1.807, 2.05) is 18.7 Å². The molecule has 4 nitrogen and oxygen atoms in total. The monoisotopic (exact) mass is 341 g/mol. The molecule has 128 valence electrons. The summed E-state index contributed by atoms with van der Waals surface area (Å²) in [6, 6.07) is 4.06. The van der Waals surface area contributed by atoms with Crippen molar-refractivity contribution in [1.82, 2.24) is 9.80 Å². The Bertz CT molecular complexity index is 547. The minimum absolute atomic E-state index is 0.0406. The summed E-state index contributed by atoms with van der Waals surface area (Å²) in [5.41, 5.74) is 6.94. The fourth-order valence-electron chi connectivity index (χ4n) is 2.73. The number of piperazine rings is 1. The first kappa shape index (κ1) is 18.2. The van der Waals surface area contributed by atoms with Crippen LogP contribution < -0.4 is 5.73 Å². The van der Waals surface area contributed by atoms with Crippen molar-refractivity contribution in [3.05, 3.63) is 34.6 Å². The fraction of sp³-hybridized carbons (Fsp3) is 0.588. The van der Waals surface area contributed by atoms with E-state index in [0.29, 0.717) is 24.7 Å². The second kappa shape index (κ2) is 8.08. The molecule has 1 aromatic rings. The molecule has 2 N–H and O–H groups in total. The maximum Gasteiger partial charge on any atom is 0.239 e. The van der Waals surface area contributed by atoms with Gasteiger partial charge in [0.2, 0.25) is 5.91 Å². The predicted octanol–water partition coefficient (Wildman–Crippen LogP) is 2.50. The lowest BCUT2D eigenvalue weighted by atomic mass is 9.98. The highest BCUT2D eigenvalue weighted by Gasteiger charge is 2.27. The van der Waals surface area contributed by atoms with Gasteiger partial charge in [0.25, 0.3) is 0 Å². The molecule has 1 aliphatic heterocycles. The second-order valence-corrected chi connectivity index (χ2v) is 6.66. The van der Waals surface area contributed by atoms with Crippen LogP contribution in [0.25, 0.3) is 0 Å². The molecule has 2 unspecified atom stereocenters. The van der Waals surface area contributed by atoms with Gasteiger partial charge in [-0.05, 0) is 23.6 Å². The van der Waals surface area contributed by atoms with E-state index >= 15 is 0 Å². The second-order valence-electron chi connectivity index (χ2n) is 6.25. The number of carbonyl (C=O) groups is 1. The van der Waals surface area contributed by atoms with E-state index in [9.17, 15) is 9.18 Å². The molecule has 2 atom stereocenters. The molecule has 23 heavy (non-hydrogen) atoms. The van der Waals surface area contributed by atoms with Crippen molar-refractivity contribution in [1.29, 1.82) is 0 Å². The van der Waals surface area contributed by atoms with Crippen molar-refractivity contribution in [2.75, 3.05) is 26.2 Å². The first-order valence-corrected chi connectivity index (χ1v) is 8.50. The highest BCUT2D eigenvalue weighted by Crippen LogP contribution is 2.20. The number of halogens is 2. The molecule has 0 radical (unpaired) electrons. The Labute approximate surface area is 142 Å². The van der Waals surface area contributed by atoms with Crippen LogP contribution in [0.5, 0.6) is 0 Å². The third kappa shape index (κ3) is 4.66. The van der Waals surface area contributed by atoms with E-state index in [-0.39, 0.29) is 17.6 Å². The highest BCUT2D eigenvalue weighted by molar-refractivity contribution is 6.31. The van der Waals surface area contributed by atoms with Crippen LogP contribution in [0.2, 0.25) is 5.02 Å². The van der Waals surface area contributed by atoms with Gasteiger partial charge in [0.05, 0.1) is 6.04 Å². The zero-order valence-electron chi connectivity index (χ0n) is 13.8. The SMILES string of the molecule is CCC(C)C(N)C(=O)N1CCN(Cc2ccc(F)cc2Cl)CC1.